The number of aromatic nitrogens is 2. The summed E-state index contributed by atoms with van der Waals surface area (Å²) in [6.45, 7) is 0.385. The third-order valence-electron chi connectivity index (χ3n) is 2.71. The topological polar surface area (TPSA) is 96.2 Å². The van der Waals surface area contributed by atoms with Gasteiger partial charge in [0.25, 0.3) is 0 Å². The number of rotatable bonds is 6. The van der Waals surface area contributed by atoms with Crippen molar-refractivity contribution in [2.24, 2.45) is 0 Å². The van der Waals surface area contributed by atoms with Gasteiger partial charge < -0.3 is 5.32 Å². The van der Waals surface area contributed by atoms with Gasteiger partial charge in [0.2, 0.25) is 11.6 Å². The second-order valence-corrected chi connectivity index (χ2v) is 5.10. The molecule has 0 aliphatic heterocycles. The first-order valence-electron chi connectivity index (χ1n) is 6.39. The molecule has 116 valence electrons. The van der Waals surface area contributed by atoms with E-state index in [4.69, 9.17) is 11.6 Å². The molecule has 0 bridgehead atoms. The minimum absolute atomic E-state index is 0.128. The number of halogens is 1. The van der Waals surface area contributed by atoms with Crippen LogP contribution in [0.1, 0.15) is 5.56 Å². The first-order valence-corrected chi connectivity index (χ1v) is 6.77. The summed E-state index contributed by atoms with van der Waals surface area (Å²) in [6, 6.07) is 7.18. The summed E-state index contributed by atoms with van der Waals surface area (Å²) in [7, 11) is 3.43. The van der Waals surface area contributed by atoms with Crippen molar-refractivity contribution in [2.75, 3.05) is 24.8 Å². The van der Waals surface area contributed by atoms with Crippen molar-refractivity contribution in [2.45, 2.75) is 6.54 Å². The van der Waals surface area contributed by atoms with Crippen molar-refractivity contribution in [1.29, 1.82) is 0 Å². The molecule has 0 spiro atoms. The molecule has 0 fully saturated rings. The van der Waals surface area contributed by atoms with Crippen LogP contribution in [0.4, 0.5) is 17.3 Å². The number of hydrazine groups is 1. The highest BCUT2D eigenvalue weighted by Crippen LogP contribution is 2.29. The maximum atomic E-state index is 11.3. The van der Waals surface area contributed by atoms with E-state index in [1.165, 1.54) is 6.33 Å². The van der Waals surface area contributed by atoms with Gasteiger partial charge in [0, 0.05) is 25.7 Å². The van der Waals surface area contributed by atoms with E-state index in [1.54, 1.807) is 31.2 Å². The standard InChI is InChI=1S/C13H15ClN6O2/c1-19(2)18-13-11(20(21)22)12(16-8-17-13)15-7-9-3-5-10(14)6-4-9/h3-6,8H,7H2,1-2H3,(H2,15,16,17,18). The Hall–Kier alpha value is -2.45. The fourth-order valence-electron chi connectivity index (χ4n) is 1.76. The highest BCUT2D eigenvalue weighted by atomic mass is 35.5. The fourth-order valence-corrected chi connectivity index (χ4v) is 1.89. The van der Waals surface area contributed by atoms with Gasteiger partial charge in [0.1, 0.15) is 6.33 Å². The molecule has 0 atom stereocenters. The lowest BCUT2D eigenvalue weighted by molar-refractivity contribution is -0.383. The molecule has 0 saturated heterocycles. The molecular weight excluding hydrogens is 308 g/mol. The van der Waals surface area contributed by atoms with Crippen LogP contribution in [0.5, 0.6) is 0 Å². The zero-order chi connectivity index (χ0) is 16.1. The van der Waals surface area contributed by atoms with Gasteiger partial charge in [-0.2, -0.15) is 0 Å². The predicted octanol–water partition coefficient (Wildman–Crippen LogP) is 2.54. The lowest BCUT2D eigenvalue weighted by Crippen LogP contribution is -2.21. The Balaban J connectivity index is 2.22. The summed E-state index contributed by atoms with van der Waals surface area (Å²) in [5.41, 5.74) is 3.51. The third kappa shape index (κ3) is 4.03. The van der Waals surface area contributed by atoms with Crippen molar-refractivity contribution in [1.82, 2.24) is 15.0 Å². The summed E-state index contributed by atoms with van der Waals surface area (Å²) < 4.78 is 0. The Labute approximate surface area is 132 Å². The van der Waals surface area contributed by atoms with Gasteiger partial charge in [-0.15, -0.1) is 0 Å². The molecule has 0 radical (unpaired) electrons. The minimum Gasteiger partial charge on any atom is -0.360 e. The zero-order valence-corrected chi connectivity index (χ0v) is 12.8. The van der Waals surface area contributed by atoms with E-state index in [0.717, 1.165) is 5.56 Å². The van der Waals surface area contributed by atoms with Crippen LogP contribution in [-0.4, -0.2) is 34.0 Å². The molecule has 1 aromatic carbocycles. The quantitative estimate of drug-likeness (QED) is 0.623. The molecule has 2 rings (SSSR count). The number of benzene rings is 1. The van der Waals surface area contributed by atoms with E-state index in [9.17, 15) is 10.1 Å². The van der Waals surface area contributed by atoms with Crippen molar-refractivity contribution >= 4 is 28.9 Å². The van der Waals surface area contributed by atoms with Gasteiger partial charge in [-0.05, 0) is 17.7 Å². The normalized spacial score (nSPS) is 10.5. The van der Waals surface area contributed by atoms with Gasteiger partial charge in [-0.3, -0.25) is 15.5 Å². The van der Waals surface area contributed by atoms with Crippen molar-refractivity contribution in [3.05, 3.63) is 51.3 Å². The SMILES string of the molecule is CN(C)Nc1ncnc(NCc2ccc(Cl)cc2)c1[N+](=O)[O-]. The lowest BCUT2D eigenvalue weighted by atomic mass is 10.2. The van der Waals surface area contributed by atoms with E-state index in [-0.39, 0.29) is 17.3 Å². The summed E-state index contributed by atoms with van der Waals surface area (Å²) in [6.07, 6.45) is 1.27. The predicted molar refractivity (Wildman–Crippen MR) is 84.8 cm³/mol. The molecular formula is C13H15ClN6O2. The number of hydrogen-bond donors (Lipinski definition) is 2. The van der Waals surface area contributed by atoms with Crippen LogP contribution in [0.2, 0.25) is 5.02 Å². The molecule has 1 aromatic heterocycles. The average molecular weight is 323 g/mol. The Bertz CT molecular complexity index is 662. The van der Waals surface area contributed by atoms with Crippen LogP contribution in [0.3, 0.4) is 0 Å². The molecule has 9 heteroatoms. The maximum absolute atomic E-state index is 11.3. The Morgan fingerprint density at radius 2 is 1.86 bits per heavy atom. The molecule has 0 aliphatic carbocycles. The van der Waals surface area contributed by atoms with E-state index >= 15 is 0 Å². The van der Waals surface area contributed by atoms with Crippen molar-refractivity contribution in [3.63, 3.8) is 0 Å². The molecule has 0 amide bonds. The van der Waals surface area contributed by atoms with Gasteiger partial charge >= 0.3 is 5.69 Å². The van der Waals surface area contributed by atoms with E-state index in [1.807, 2.05) is 12.1 Å². The van der Waals surface area contributed by atoms with Crippen LogP contribution in [0.25, 0.3) is 0 Å². The molecule has 2 N–H and O–H groups in total. The molecule has 2 aromatic rings. The van der Waals surface area contributed by atoms with Gasteiger partial charge in [0.05, 0.1) is 4.92 Å². The number of hydrogen-bond acceptors (Lipinski definition) is 7. The zero-order valence-electron chi connectivity index (χ0n) is 12.1. The Morgan fingerprint density at radius 1 is 1.23 bits per heavy atom. The maximum Gasteiger partial charge on any atom is 0.354 e. The second-order valence-electron chi connectivity index (χ2n) is 4.66. The number of nitrogens with zero attached hydrogens (tertiary/aromatic N) is 4. The highest BCUT2D eigenvalue weighted by Gasteiger charge is 2.23. The Morgan fingerprint density at radius 3 is 2.45 bits per heavy atom. The van der Waals surface area contributed by atoms with E-state index < -0.39 is 4.92 Å². The summed E-state index contributed by atoms with van der Waals surface area (Å²) in [5.74, 6) is 0.280. The Kier molecular flexibility index (Phi) is 5.08. The summed E-state index contributed by atoms with van der Waals surface area (Å²) in [5, 5.41) is 16.4. The molecule has 0 aliphatic rings. The molecule has 0 saturated carbocycles. The first kappa shape index (κ1) is 15.9. The van der Waals surface area contributed by atoms with Crippen LogP contribution >= 0.6 is 11.6 Å². The van der Waals surface area contributed by atoms with Gasteiger partial charge in [-0.1, -0.05) is 23.7 Å². The van der Waals surface area contributed by atoms with Crippen LogP contribution in [0.15, 0.2) is 30.6 Å². The fraction of sp³-hybridized carbons (Fsp3) is 0.231. The molecule has 22 heavy (non-hydrogen) atoms. The molecule has 8 nitrogen and oxygen atoms in total. The lowest BCUT2D eigenvalue weighted by Gasteiger charge is -2.14. The van der Waals surface area contributed by atoms with E-state index in [2.05, 4.69) is 20.7 Å². The molecule has 1 heterocycles. The second kappa shape index (κ2) is 7.01. The highest BCUT2D eigenvalue weighted by molar-refractivity contribution is 6.30. The minimum atomic E-state index is -0.518. The van der Waals surface area contributed by atoms with Crippen LogP contribution in [-0.2, 0) is 6.54 Å². The first-order chi connectivity index (χ1) is 10.5. The van der Waals surface area contributed by atoms with Crippen molar-refractivity contribution < 1.29 is 4.92 Å². The monoisotopic (exact) mass is 322 g/mol. The number of anilines is 2. The smallest absolute Gasteiger partial charge is 0.354 e. The van der Waals surface area contributed by atoms with Crippen molar-refractivity contribution in [3.8, 4) is 0 Å². The van der Waals surface area contributed by atoms with Crippen LogP contribution in [0, 0.1) is 10.1 Å². The third-order valence-corrected chi connectivity index (χ3v) is 2.96. The largest absolute Gasteiger partial charge is 0.360 e. The summed E-state index contributed by atoms with van der Waals surface area (Å²) >= 11 is 5.82. The average Bonchev–Trinajstić information content (AvgIpc) is 2.45. The van der Waals surface area contributed by atoms with Gasteiger partial charge in [-0.25, -0.2) is 15.0 Å². The number of nitrogens with one attached hydrogen (secondary N) is 2. The summed E-state index contributed by atoms with van der Waals surface area (Å²) in [4.78, 5) is 18.6. The van der Waals surface area contributed by atoms with E-state index in [0.29, 0.717) is 11.6 Å². The molecule has 0 unspecified atom stereocenters. The van der Waals surface area contributed by atoms with Gasteiger partial charge in [0.15, 0.2) is 0 Å². The number of nitro groups is 1. The van der Waals surface area contributed by atoms with Crippen LogP contribution < -0.4 is 10.7 Å².